The van der Waals surface area contributed by atoms with Crippen LogP contribution in [-0.4, -0.2) is 28.7 Å². The van der Waals surface area contributed by atoms with Crippen molar-refractivity contribution in [2.75, 3.05) is 11.9 Å². The average molecular weight is 286 g/mol. The number of aromatic carboxylic acids is 1. The smallest absolute Gasteiger partial charge is 0.335 e. The van der Waals surface area contributed by atoms with Crippen molar-refractivity contribution < 1.29 is 14.6 Å². The molecule has 2 N–H and O–H groups in total. The Morgan fingerprint density at radius 1 is 1.33 bits per heavy atom. The number of hydrogen-bond acceptors (Lipinski definition) is 4. The second-order valence-corrected chi connectivity index (χ2v) is 4.93. The van der Waals surface area contributed by atoms with E-state index in [0.717, 1.165) is 11.3 Å². The lowest BCUT2D eigenvalue weighted by molar-refractivity contribution is 0.0696. The summed E-state index contributed by atoms with van der Waals surface area (Å²) in [5.74, 6) is -0.387. The Kier molecular flexibility index (Phi) is 4.77. The zero-order valence-corrected chi connectivity index (χ0v) is 12.0. The van der Waals surface area contributed by atoms with E-state index in [2.05, 4.69) is 10.3 Å². The zero-order chi connectivity index (χ0) is 15.2. The second-order valence-electron chi connectivity index (χ2n) is 4.93. The first-order chi connectivity index (χ1) is 10.0. The van der Waals surface area contributed by atoms with Crippen LogP contribution in [0.4, 0.5) is 5.69 Å². The SMILES string of the molecule is Cc1cc(OC[C@H](C)Nc2ccncc2)cc(C(=O)O)c1. The maximum atomic E-state index is 11.0. The molecule has 0 spiro atoms. The molecular formula is C16H18N2O3. The van der Waals surface area contributed by atoms with Gasteiger partial charge in [-0.1, -0.05) is 0 Å². The first-order valence-corrected chi connectivity index (χ1v) is 6.69. The minimum absolute atomic E-state index is 0.0844. The van der Waals surface area contributed by atoms with Crippen molar-refractivity contribution >= 4 is 11.7 Å². The number of rotatable bonds is 6. The summed E-state index contributed by atoms with van der Waals surface area (Å²) in [7, 11) is 0. The lowest BCUT2D eigenvalue weighted by Gasteiger charge is -2.16. The van der Waals surface area contributed by atoms with E-state index >= 15 is 0 Å². The van der Waals surface area contributed by atoms with E-state index in [1.807, 2.05) is 32.0 Å². The Labute approximate surface area is 123 Å². The van der Waals surface area contributed by atoms with Crippen LogP contribution in [0.2, 0.25) is 0 Å². The lowest BCUT2D eigenvalue weighted by Crippen LogP contribution is -2.23. The lowest BCUT2D eigenvalue weighted by atomic mass is 10.1. The summed E-state index contributed by atoms with van der Waals surface area (Å²) in [6.45, 7) is 4.27. The Bertz CT molecular complexity index is 614. The van der Waals surface area contributed by atoms with E-state index < -0.39 is 5.97 Å². The fraction of sp³-hybridized carbons (Fsp3) is 0.250. The standard InChI is InChI=1S/C16H18N2O3/c1-11-7-13(16(19)20)9-15(8-11)21-10-12(2)18-14-3-5-17-6-4-14/h3-9,12H,10H2,1-2H3,(H,17,18)(H,19,20)/t12-/m0/s1. The van der Waals surface area contributed by atoms with Crippen molar-refractivity contribution in [1.29, 1.82) is 0 Å². The first-order valence-electron chi connectivity index (χ1n) is 6.69. The summed E-state index contributed by atoms with van der Waals surface area (Å²) < 4.78 is 5.67. The molecule has 110 valence electrons. The van der Waals surface area contributed by atoms with Gasteiger partial charge in [-0.3, -0.25) is 4.98 Å². The number of carboxylic acid groups (broad SMARTS) is 1. The molecule has 5 nitrogen and oxygen atoms in total. The number of hydrogen-bond donors (Lipinski definition) is 2. The van der Waals surface area contributed by atoms with Crippen molar-refractivity contribution in [2.24, 2.45) is 0 Å². The van der Waals surface area contributed by atoms with Crippen LogP contribution in [0.25, 0.3) is 0 Å². The minimum atomic E-state index is -0.952. The third-order valence-electron chi connectivity index (χ3n) is 2.89. The molecule has 2 aromatic rings. The molecule has 0 unspecified atom stereocenters. The number of aryl methyl sites for hydroxylation is 1. The van der Waals surface area contributed by atoms with Gasteiger partial charge in [0.05, 0.1) is 11.6 Å². The van der Waals surface area contributed by atoms with Crippen LogP contribution >= 0.6 is 0 Å². The number of nitrogens with one attached hydrogen (secondary N) is 1. The largest absolute Gasteiger partial charge is 0.491 e. The van der Waals surface area contributed by atoms with Gasteiger partial charge in [-0.25, -0.2) is 4.79 Å². The summed E-state index contributed by atoms with van der Waals surface area (Å²) >= 11 is 0. The second kappa shape index (κ2) is 6.74. The molecule has 1 aromatic carbocycles. The van der Waals surface area contributed by atoms with Crippen molar-refractivity contribution in [3.8, 4) is 5.75 Å². The number of anilines is 1. The average Bonchev–Trinajstić information content (AvgIpc) is 2.45. The highest BCUT2D eigenvalue weighted by Gasteiger charge is 2.08. The maximum absolute atomic E-state index is 11.0. The van der Waals surface area contributed by atoms with Crippen LogP contribution in [0.3, 0.4) is 0 Å². The van der Waals surface area contributed by atoms with Crippen LogP contribution in [0.1, 0.15) is 22.8 Å². The number of nitrogens with zero attached hydrogens (tertiary/aromatic N) is 1. The minimum Gasteiger partial charge on any atom is -0.491 e. The van der Waals surface area contributed by atoms with Gasteiger partial charge in [0.15, 0.2) is 0 Å². The van der Waals surface area contributed by atoms with Gasteiger partial charge in [0, 0.05) is 18.1 Å². The van der Waals surface area contributed by atoms with Gasteiger partial charge >= 0.3 is 5.97 Å². The first kappa shape index (κ1) is 14.8. The van der Waals surface area contributed by atoms with Crippen molar-refractivity contribution in [3.63, 3.8) is 0 Å². The molecule has 0 fully saturated rings. The number of pyridine rings is 1. The molecule has 1 aromatic heterocycles. The van der Waals surface area contributed by atoms with Crippen LogP contribution in [-0.2, 0) is 0 Å². The van der Waals surface area contributed by atoms with Crippen LogP contribution < -0.4 is 10.1 Å². The number of ether oxygens (including phenoxy) is 1. The van der Waals surface area contributed by atoms with E-state index in [1.165, 1.54) is 6.07 Å². The van der Waals surface area contributed by atoms with Gasteiger partial charge in [0.25, 0.3) is 0 Å². The normalized spacial score (nSPS) is 11.7. The van der Waals surface area contributed by atoms with Gasteiger partial charge in [0.1, 0.15) is 12.4 Å². The maximum Gasteiger partial charge on any atom is 0.335 e. The van der Waals surface area contributed by atoms with Gasteiger partial charge in [-0.15, -0.1) is 0 Å². The van der Waals surface area contributed by atoms with Crippen molar-refractivity contribution in [2.45, 2.75) is 19.9 Å². The molecule has 0 aliphatic carbocycles. The molecule has 21 heavy (non-hydrogen) atoms. The highest BCUT2D eigenvalue weighted by Crippen LogP contribution is 2.17. The highest BCUT2D eigenvalue weighted by atomic mass is 16.5. The molecule has 1 atom stereocenters. The van der Waals surface area contributed by atoms with Gasteiger partial charge in [0.2, 0.25) is 0 Å². The highest BCUT2D eigenvalue weighted by molar-refractivity contribution is 5.88. The topological polar surface area (TPSA) is 71.5 Å². The third kappa shape index (κ3) is 4.49. The number of carboxylic acids is 1. The molecule has 0 aliphatic rings. The van der Waals surface area contributed by atoms with E-state index in [0.29, 0.717) is 12.4 Å². The van der Waals surface area contributed by atoms with Crippen molar-refractivity contribution in [1.82, 2.24) is 4.98 Å². The van der Waals surface area contributed by atoms with Crippen LogP contribution in [0, 0.1) is 6.92 Å². The number of carbonyl (C=O) groups is 1. The molecule has 5 heteroatoms. The molecule has 0 aliphatic heterocycles. The van der Waals surface area contributed by atoms with E-state index in [9.17, 15) is 4.79 Å². The number of aromatic nitrogens is 1. The Morgan fingerprint density at radius 2 is 2.05 bits per heavy atom. The summed E-state index contributed by atoms with van der Waals surface area (Å²) in [6.07, 6.45) is 3.44. The Balaban J connectivity index is 1.95. The van der Waals surface area contributed by atoms with Gasteiger partial charge in [-0.2, -0.15) is 0 Å². The molecule has 2 rings (SSSR count). The molecule has 0 radical (unpaired) electrons. The van der Waals surface area contributed by atoms with Crippen molar-refractivity contribution in [3.05, 3.63) is 53.9 Å². The summed E-state index contributed by atoms with van der Waals surface area (Å²) in [5, 5.41) is 12.3. The fourth-order valence-corrected chi connectivity index (χ4v) is 1.95. The fourth-order valence-electron chi connectivity index (χ4n) is 1.95. The van der Waals surface area contributed by atoms with E-state index in [-0.39, 0.29) is 11.6 Å². The Hall–Kier alpha value is -2.56. The monoisotopic (exact) mass is 286 g/mol. The predicted molar refractivity (Wildman–Crippen MR) is 81.0 cm³/mol. The summed E-state index contributed by atoms with van der Waals surface area (Å²) in [6, 6.07) is 8.83. The zero-order valence-electron chi connectivity index (χ0n) is 12.0. The van der Waals surface area contributed by atoms with Crippen LogP contribution in [0.5, 0.6) is 5.75 Å². The van der Waals surface area contributed by atoms with Crippen LogP contribution in [0.15, 0.2) is 42.7 Å². The molecule has 0 saturated carbocycles. The summed E-state index contributed by atoms with van der Waals surface area (Å²) in [4.78, 5) is 15.0. The predicted octanol–water partition coefficient (Wildman–Crippen LogP) is 2.97. The van der Waals surface area contributed by atoms with E-state index in [4.69, 9.17) is 9.84 Å². The number of benzene rings is 1. The molecule has 1 heterocycles. The Morgan fingerprint density at radius 3 is 2.71 bits per heavy atom. The molecular weight excluding hydrogens is 268 g/mol. The molecule has 0 amide bonds. The molecule has 0 bridgehead atoms. The van der Waals surface area contributed by atoms with Gasteiger partial charge < -0.3 is 15.2 Å². The van der Waals surface area contributed by atoms with E-state index in [1.54, 1.807) is 18.5 Å². The van der Waals surface area contributed by atoms with Gasteiger partial charge in [-0.05, 0) is 49.7 Å². The summed E-state index contributed by atoms with van der Waals surface area (Å²) in [5.41, 5.74) is 2.07. The molecule has 0 saturated heterocycles. The quantitative estimate of drug-likeness (QED) is 0.854. The third-order valence-corrected chi connectivity index (χ3v) is 2.89.